The van der Waals surface area contributed by atoms with E-state index in [4.69, 9.17) is 0 Å². The van der Waals surface area contributed by atoms with Crippen molar-refractivity contribution in [2.75, 3.05) is 39.8 Å². The molecule has 132 valence electrons. The van der Waals surface area contributed by atoms with Gasteiger partial charge in [-0.05, 0) is 19.2 Å². The van der Waals surface area contributed by atoms with Gasteiger partial charge in [-0.15, -0.1) is 0 Å². The standard InChI is InChI=1S/C17H22N6O2/c1-21-7-9-23(10-8-21)15(24)11-18-17(25)14-5-3-13(4-6-14)16-19-12-22(2)20-16/h3-6,12H,7-11H2,1-2H3,(H,18,25). The first kappa shape index (κ1) is 17.1. The number of hydrogen-bond donors (Lipinski definition) is 1. The quantitative estimate of drug-likeness (QED) is 0.845. The maximum Gasteiger partial charge on any atom is 0.251 e. The molecular weight excluding hydrogens is 320 g/mol. The molecule has 2 aromatic rings. The number of carbonyl (C=O) groups excluding carboxylic acids is 2. The molecular formula is C17H22N6O2. The molecule has 8 nitrogen and oxygen atoms in total. The molecule has 2 amide bonds. The summed E-state index contributed by atoms with van der Waals surface area (Å²) in [5.74, 6) is 0.304. The number of carbonyl (C=O) groups is 2. The van der Waals surface area contributed by atoms with Crippen molar-refractivity contribution < 1.29 is 9.59 Å². The van der Waals surface area contributed by atoms with E-state index in [0.717, 1.165) is 18.7 Å². The molecule has 0 unspecified atom stereocenters. The monoisotopic (exact) mass is 342 g/mol. The Morgan fingerprint density at radius 3 is 2.36 bits per heavy atom. The number of benzene rings is 1. The Kier molecular flexibility index (Phi) is 5.08. The van der Waals surface area contributed by atoms with Crippen molar-refractivity contribution in [2.45, 2.75) is 0 Å². The molecule has 1 aromatic carbocycles. The molecule has 0 aliphatic carbocycles. The molecule has 1 aromatic heterocycles. The van der Waals surface area contributed by atoms with Gasteiger partial charge in [0.2, 0.25) is 5.91 Å². The van der Waals surface area contributed by atoms with Crippen LogP contribution in [0, 0.1) is 0 Å². The van der Waals surface area contributed by atoms with Crippen molar-refractivity contribution in [1.82, 2.24) is 29.9 Å². The molecule has 1 aliphatic rings. The number of piperazine rings is 1. The molecule has 1 N–H and O–H groups in total. The van der Waals surface area contributed by atoms with Crippen molar-refractivity contribution in [3.63, 3.8) is 0 Å². The molecule has 3 rings (SSSR count). The Balaban J connectivity index is 1.53. The molecule has 0 radical (unpaired) electrons. The maximum absolute atomic E-state index is 12.2. The van der Waals surface area contributed by atoms with Crippen LogP contribution in [0.15, 0.2) is 30.6 Å². The van der Waals surface area contributed by atoms with Crippen LogP contribution in [-0.4, -0.2) is 76.2 Å². The van der Waals surface area contributed by atoms with Gasteiger partial charge < -0.3 is 15.1 Å². The van der Waals surface area contributed by atoms with Gasteiger partial charge in [-0.3, -0.25) is 14.3 Å². The molecule has 8 heteroatoms. The van der Waals surface area contributed by atoms with Gasteiger partial charge in [-0.1, -0.05) is 12.1 Å². The van der Waals surface area contributed by atoms with Gasteiger partial charge in [0.15, 0.2) is 5.82 Å². The second kappa shape index (κ2) is 7.43. The van der Waals surface area contributed by atoms with E-state index in [1.54, 1.807) is 47.2 Å². The highest BCUT2D eigenvalue weighted by Crippen LogP contribution is 2.14. The molecule has 25 heavy (non-hydrogen) atoms. The molecule has 1 aliphatic heterocycles. The number of likely N-dealkylation sites (N-methyl/N-ethyl adjacent to an activating group) is 1. The van der Waals surface area contributed by atoms with Gasteiger partial charge in [0.05, 0.1) is 6.54 Å². The predicted octanol–water partition coefficient (Wildman–Crippen LogP) is -0.0141. The fourth-order valence-electron chi connectivity index (χ4n) is 2.67. The lowest BCUT2D eigenvalue weighted by Crippen LogP contribution is -2.50. The zero-order valence-corrected chi connectivity index (χ0v) is 14.5. The lowest BCUT2D eigenvalue weighted by molar-refractivity contribution is -0.131. The summed E-state index contributed by atoms with van der Waals surface area (Å²) in [5, 5.41) is 6.91. The van der Waals surface area contributed by atoms with Crippen molar-refractivity contribution >= 4 is 11.8 Å². The van der Waals surface area contributed by atoms with Gasteiger partial charge in [-0.25, -0.2) is 4.98 Å². The van der Waals surface area contributed by atoms with Gasteiger partial charge in [0.1, 0.15) is 6.33 Å². The number of aryl methyl sites for hydroxylation is 1. The first-order valence-corrected chi connectivity index (χ1v) is 8.23. The maximum atomic E-state index is 12.2. The Labute approximate surface area is 146 Å². The Bertz CT molecular complexity index is 747. The summed E-state index contributed by atoms with van der Waals surface area (Å²) < 4.78 is 1.62. The zero-order valence-electron chi connectivity index (χ0n) is 14.5. The molecule has 0 atom stereocenters. The van der Waals surface area contributed by atoms with Crippen LogP contribution in [0.4, 0.5) is 0 Å². The van der Waals surface area contributed by atoms with Crippen molar-refractivity contribution in [3.05, 3.63) is 36.2 Å². The van der Waals surface area contributed by atoms with Crippen LogP contribution in [0.2, 0.25) is 0 Å². The smallest absolute Gasteiger partial charge is 0.251 e. The van der Waals surface area contributed by atoms with Gasteiger partial charge in [0.25, 0.3) is 5.91 Å². The largest absolute Gasteiger partial charge is 0.343 e. The summed E-state index contributed by atoms with van der Waals surface area (Å²) in [4.78, 5) is 32.5. The topological polar surface area (TPSA) is 83.4 Å². The third-order valence-electron chi connectivity index (χ3n) is 4.26. The third kappa shape index (κ3) is 4.21. The van der Waals surface area contributed by atoms with E-state index in [0.29, 0.717) is 24.5 Å². The van der Waals surface area contributed by atoms with E-state index < -0.39 is 0 Å². The van der Waals surface area contributed by atoms with E-state index in [2.05, 4.69) is 20.3 Å². The Hall–Kier alpha value is -2.74. The minimum atomic E-state index is -0.261. The zero-order chi connectivity index (χ0) is 17.8. The molecule has 2 heterocycles. The normalized spacial score (nSPS) is 15.2. The van der Waals surface area contributed by atoms with Gasteiger partial charge in [-0.2, -0.15) is 5.10 Å². The van der Waals surface area contributed by atoms with Crippen molar-refractivity contribution in [3.8, 4) is 11.4 Å². The summed E-state index contributed by atoms with van der Waals surface area (Å²) in [7, 11) is 3.84. The van der Waals surface area contributed by atoms with Gasteiger partial charge >= 0.3 is 0 Å². The van der Waals surface area contributed by atoms with E-state index >= 15 is 0 Å². The summed E-state index contributed by atoms with van der Waals surface area (Å²) in [6, 6.07) is 7.02. The predicted molar refractivity (Wildman–Crippen MR) is 92.8 cm³/mol. The van der Waals surface area contributed by atoms with E-state index in [-0.39, 0.29) is 18.4 Å². The van der Waals surface area contributed by atoms with E-state index in [9.17, 15) is 9.59 Å². The average molecular weight is 342 g/mol. The van der Waals surface area contributed by atoms with Crippen LogP contribution in [0.25, 0.3) is 11.4 Å². The highest BCUT2D eigenvalue weighted by molar-refractivity contribution is 5.96. The number of rotatable bonds is 4. The summed E-state index contributed by atoms with van der Waals surface area (Å²) in [6.07, 6.45) is 1.62. The van der Waals surface area contributed by atoms with Crippen molar-refractivity contribution in [2.24, 2.45) is 7.05 Å². The number of nitrogens with zero attached hydrogens (tertiary/aromatic N) is 5. The molecule has 0 saturated carbocycles. The Morgan fingerprint density at radius 2 is 1.76 bits per heavy atom. The fourth-order valence-corrected chi connectivity index (χ4v) is 2.67. The number of nitrogens with one attached hydrogen (secondary N) is 1. The lowest BCUT2D eigenvalue weighted by atomic mass is 10.1. The van der Waals surface area contributed by atoms with Crippen LogP contribution in [-0.2, 0) is 11.8 Å². The van der Waals surface area contributed by atoms with E-state index in [1.807, 2.05) is 7.05 Å². The van der Waals surface area contributed by atoms with Crippen molar-refractivity contribution in [1.29, 1.82) is 0 Å². The minimum Gasteiger partial charge on any atom is -0.343 e. The number of aromatic nitrogens is 3. The van der Waals surface area contributed by atoms with E-state index in [1.165, 1.54) is 0 Å². The van der Waals surface area contributed by atoms with Crippen LogP contribution in [0.1, 0.15) is 10.4 Å². The lowest BCUT2D eigenvalue weighted by Gasteiger charge is -2.32. The number of amides is 2. The fraction of sp³-hybridized carbons (Fsp3) is 0.412. The first-order valence-electron chi connectivity index (χ1n) is 8.23. The number of hydrogen-bond acceptors (Lipinski definition) is 5. The second-order valence-corrected chi connectivity index (χ2v) is 6.19. The molecule has 0 spiro atoms. The highest BCUT2D eigenvalue weighted by atomic mass is 16.2. The summed E-state index contributed by atoms with van der Waals surface area (Å²) >= 11 is 0. The second-order valence-electron chi connectivity index (χ2n) is 6.19. The summed E-state index contributed by atoms with van der Waals surface area (Å²) in [5.41, 5.74) is 1.34. The van der Waals surface area contributed by atoms with Crippen LogP contribution in [0.3, 0.4) is 0 Å². The Morgan fingerprint density at radius 1 is 1.08 bits per heavy atom. The first-order chi connectivity index (χ1) is 12.0. The molecule has 1 saturated heterocycles. The average Bonchev–Trinajstić information content (AvgIpc) is 3.06. The minimum absolute atomic E-state index is 0.0199. The highest BCUT2D eigenvalue weighted by Gasteiger charge is 2.19. The van der Waals surface area contributed by atoms with Crippen LogP contribution < -0.4 is 5.32 Å². The summed E-state index contributed by atoms with van der Waals surface area (Å²) in [6.45, 7) is 3.16. The van der Waals surface area contributed by atoms with Crippen LogP contribution in [0.5, 0.6) is 0 Å². The SMILES string of the molecule is CN1CCN(C(=O)CNC(=O)c2ccc(-c3ncn(C)n3)cc2)CC1. The molecule has 0 bridgehead atoms. The third-order valence-corrected chi connectivity index (χ3v) is 4.26. The van der Waals surface area contributed by atoms with Gasteiger partial charge in [0, 0.05) is 44.4 Å². The molecule has 1 fully saturated rings. The van der Waals surface area contributed by atoms with Crippen LogP contribution >= 0.6 is 0 Å².